The second kappa shape index (κ2) is 8.95. The minimum absolute atomic E-state index is 0.0355. The summed E-state index contributed by atoms with van der Waals surface area (Å²) >= 11 is 0. The van der Waals surface area contributed by atoms with Crippen LogP contribution in [0.15, 0.2) is 24.3 Å². The molecule has 2 aliphatic rings. The number of carbonyl (C=O) groups excluding carboxylic acids is 2. The van der Waals surface area contributed by atoms with Gasteiger partial charge in [-0.25, -0.2) is 4.79 Å². The summed E-state index contributed by atoms with van der Waals surface area (Å²) in [5.41, 5.74) is 0.292. The predicted molar refractivity (Wildman–Crippen MR) is 107 cm³/mol. The number of amides is 3. The number of nitrogens with zero attached hydrogens (tertiary/aromatic N) is 1. The van der Waals surface area contributed by atoms with E-state index in [2.05, 4.69) is 19.2 Å². The number of carbonyl (C=O) groups is 2. The van der Waals surface area contributed by atoms with Crippen molar-refractivity contribution in [2.75, 3.05) is 13.2 Å². The molecule has 0 radical (unpaired) electrons. The summed E-state index contributed by atoms with van der Waals surface area (Å²) < 4.78 is 5.79. The monoisotopic (exact) mass is 388 g/mol. The van der Waals surface area contributed by atoms with Crippen LogP contribution in [-0.2, 0) is 4.79 Å². The van der Waals surface area contributed by atoms with Crippen LogP contribution in [0.1, 0.15) is 70.3 Å². The Morgan fingerprint density at radius 2 is 1.75 bits per heavy atom. The van der Waals surface area contributed by atoms with Gasteiger partial charge in [-0.3, -0.25) is 9.69 Å². The molecule has 1 aromatic carbocycles. The number of imide groups is 1. The second-order valence-electron chi connectivity index (χ2n) is 8.35. The van der Waals surface area contributed by atoms with Gasteiger partial charge in [0.2, 0.25) is 0 Å². The van der Waals surface area contributed by atoms with Gasteiger partial charge in [0.1, 0.15) is 24.0 Å². The predicted octanol–water partition coefficient (Wildman–Crippen LogP) is 3.58. The molecule has 1 heterocycles. The zero-order valence-electron chi connectivity index (χ0n) is 16.9. The van der Waals surface area contributed by atoms with Gasteiger partial charge in [-0.2, -0.15) is 0 Å². The number of hydrogen-bond acceptors (Lipinski definition) is 4. The fraction of sp³-hybridized carbons (Fsp3) is 0.636. The Morgan fingerprint density at radius 1 is 1.11 bits per heavy atom. The van der Waals surface area contributed by atoms with Crippen molar-refractivity contribution in [2.45, 2.75) is 76.4 Å². The number of β-amino-alcohol motifs (C(OH)–C–C–N with tert-alkyl or cyclic N) is 1. The lowest BCUT2D eigenvalue weighted by molar-refractivity contribution is -0.133. The van der Waals surface area contributed by atoms with Crippen LogP contribution in [-0.4, -0.2) is 46.7 Å². The summed E-state index contributed by atoms with van der Waals surface area (Å²) in [5, 5.41) is 13.4. The smallest absolute Gasteiger partial charge is 0.325 e. The summed E-state index contributed by atoms with van der Waals surface area (Å²) in [6.07, 6.45) is 5.70. The van der Waals surface area contributed by atoms with Gasteiger partial charge in [0, 0.05) is 0 Å². The summed E-state index contributed by atoms with van der Waals surface area (Å²) in [6, 6.07) is 7.33. The largest absolute Gasteiger partial charge is 0.491 e. The van der Waals surface area contributed by atoms with Crippen LogP contribution in [0.3, 0.4) is 0 Å². The molecule has 154 valence electrons. The molecule has 1 aliphatic carbocycles. The lowest BCUT2D eigenvalue weighted by atomic mass is 9.84. The third kappa shape index (κ3) is 4.49. The first kappa shape index (κ1) is 20.6. The Kier molecular flexibility index (Phi) is 6.60. The van der Waals surface area contributed by atoms with Gasteiger partial charge in [0.15, 0.2) is 0 Å². The SMILES string of the molecule is CC(C)c1ccccc1OCC(O)CN1C(=O)NC2(CCCCCCC2)C1=O. The number of nitrogens with one attached hydrogen (secondary N) is 1. The van der Waals surface area contributed by atoms with E-state index < -0.39 is 17.7 Å². The molecule has 2 N–H and O–H groups in total. The Hall–Kier alpha value is -2.08. The average molecular weight is 389 g/mol. The molecule has 1 unspecified atom stereocenters. The number of rotatable bonds is 6. The highest BCUT2D eigenvalue weighted by atomic mass is 16.5. The molecular formula is C22H32N2O4. The first-order valence-electron chi connectivity index (χ1n) is 10.5. The van der Waals surface area contributed by atoms with E-state index in [1.165, 1.54) is 11.3 Å². The zero-order valence-corrected chi connectivity index (χ0v) is 16.9. The first-order valence-corrected chi connectivity index (χ1v) is 10.5. The Bertz CT molecular complexity index is 696. The number of ether oxygens (including phenoxy) is 1. The lowest BCUT2D eigenvalue weighted by Crippen LogP contribution is -2.48. The average Bonchev–Trinajstić information content (AvgIpc) is 2.88. The summed E-state index contributed by atoms with van der Waals surface area (Å²) in [7, 11) is 0. The fourth-order valence-electron chi connectivity index (χ4n) is 4.23. The number of urea groups is 1. The summed E-state index contributed by atoms with van der Waals surface area (Å²) in [6.45, 7) is 4.16. The van der Waals surface area contributed by atoms with E-state index in [-0.39, 0.29) is 19.1 Å². The van der Waals surface area contributed by atoms with Crippen molar-refractivity contribution >= 4 is 11.9 Å². The molecule has 0 bridgehead atoms. The van der Waals surface area contributed by atoms with E-state index in [4.69, 9.17) is 4.74 Å². The normalized spacial score (nSPS) is 20.8. The Morgan fingerprint density at radius 3 is 2.43 bits per heavy atom. The molecule has 28 heavy (non-hydrogen) atoms. The van der Waals surface area contributed by atoms with E-state index in [1.807, 2.05) is 24.3 Å². The van der Waals surface area contributed by atoms with Gasteiger partial charge in [0.25, 0.3) is 5.91 Å². The van der Waals surface area contributed by atoms with Crippen molar-refractivity contribution in [1.29, 1.82) is 0 Å². The molecule has 1 aliphatic heterocycles. The van der Waals surface area contributed by atoms with Crippen LogP contribution >= 0.6 is 0 Å². The molecule has 1 aromatic rings. The van der Waals surface area contributed by atoms with Crippen molar-refractivity contribution in [3.8, 4) is 5.75 Å². The molecule has 6 nitrogen and oxygen atoms in total. The molecule has 3 rings (SSSR count). The quantitative estimate of drug-likeness (QED) is 0.730. The second-order valence-corrected chi connectivity index (χ2v) is 8.35. The van der Waals surface area contributed by atoms with E-state index >= 15 is 0 Å². The van der Waals surface area contributed by atoms with Gasteiger partial charge in [-0.1, -0.05) is 64.2 Å². The molecule has 3 amide bonds. The van der Waals surface area contributed by atoms with Gasteiger partial charge < -0.3 is 15.2 Å². The zero-order chi connectivity index (χ0) is 20.1. The minimum Gasteiger partial charge on any atom is -0.491 e. The number of para-hydroxylation sites is 1. The van der Waals surface area contributed by atoms with Gasteiger partial charge in [-0.15, -0.1) is 0 Å². The van der Waals surface area contributed by atoms with E-state index in [1.54, 1.807) is 0 Å². The highest BCUT2D eigenvalue weighted by molar-refractivity contribution is 6.07. The van der Waals surface area contributed by atoms with E-state index in [9.17, 15) is 14.7 Å². The van der Waals surface area contributed by atoms with Crippen LogP contribution < -0.4 is 10.1 Å². The Labute approximate surface area is 167 Å². The molecule has 6 heteroatoms. The van der Waals surface area contributed by atoms with E-state index in [0.717, 1.165) is 37.0 Å². The van der Waals surface area contributed by atoms with Gasteiger partial charge in [-0.05, 0) is 30.4 Å². The van der Waals surface area contributed by atoms with Crippen molar-refractivity contribution in [2.24, 2.45) is 0 Å². The maximum Gasteiger partial charge on any atom is 0.325 e. The highest BCUT2D eigenvalue weighted by Crippen LogP contribution is 2.32. The van der Waals surface area contributed by atoms with Crippen LogP contribution in [0.25, 0.3) is 0 Å². The lowest BCUT2D eigenvalue weighted by Gasteiger charge is -2.28. The standard InChI is InChI=1S/C22H32N2O4/c1-16(2)18-10-6-7-11-19(18)28-15-17(25)14-24-20(26)22(23-21(24)27)12-8-4-3-5-9-13-22/h6-7,10-11,16-17,25H,3-5,8-9,12-15H2,1-2H3,(H,23,27). The van der Waals surface area contributed by atoms with Crippen LogP contribution in [0.5, 0.6) is 5.75 Å². The molecule has 1 saturated carbocycles. The minimum atomic E-state index is -0.932. The molecule has 1 saturated heterocycles. The number of hydrogen-bond donors (Lipinski definition) is 2. The molecule has 0 aromatic heterocycles. The fourth-order valence-corrected chi connectivity index (χ4v) is 4.23. The highest BCUT2D eigenvalue weighted by Gasteiger charge is 2.50. The van der Waals surface area contributed by atoms with Crippen molar-refractivity contribution in [3.05, 3.63) is 29.8 Å². The first-order chi connectivity index (χ1) is 13.4. The van der Waals surface area contributed by atoms with Crippen molar-refractivity contribution in [3.63, 3.8) is 0 Å². The number of aliphatic hydroxyl groups excluding tert-OH is 1. The third-order valence-electron chi connectivity index (χ3n) is 5.82. The molecular weight excluding hydrogens is 356 g/mol. The van der Waals surface area contributed by atoms with Crippen molar-refractivity contribution in [1.82, 2.24) is 10.2 Å². The molecule has 2 fully saturated rings. The molecule has 1 spiro atoms. The van der Waals surface area contributed by atoms with Gasteiger partial charge >= 0.3 is 6.03 Å². The third-order valence-corrected chi connectivity index (χ3v) is 5.82. The topological polar surface area (TPSA) is 78.9 Å². The number of aliphatic hydroxyl groups is 1. The molecule has 1 atom stereocenters. The van der Waals surface area contributed by atoms with Crippen molar-refractivity contribution < 1.29 is 19.4 Å². The maximum absolute atomic E-state index is 13.0. The summed E-state index contributed by atoms with van der Waals surface area (Å²) in [5.74, 6) is 0.838. The van der Waals surface area contributed by atoms with Gasteiger partial charge in [0.05, 0.1) is 6.54 Å². The van der Waals surface area contributed by atoms with Crippen LogP contribution in [0.2, 0.25) is 0 Å². The number of benzene rings is 1. The van der Waals surface area contributed by atoms with E-state index in [0.29, 0.717) is 18.8 Å². The van der Waals surface area contributed by atoms with Crippen LogP contribution in [0, 0.1) is 0 Å². The Balaban J connectivity index is 1.60. The summed E-state index contributed by atoms with van der Waals surface area (Å²) in [4.78, 5) is 26.6. The van der Waals surface area contributed by atoms with Crippen LogP contribution in [0.4, 0.5) is 4.79 Å². The maximum atomic E-state index is 13.0.